The molecule has 0 fully saturated rings. The van der Waals surface area contributed by atoms with Crippen molar-refractivity contribution in [1.82, 2.24) is 4.98 Å². The lowest BCUT2D eigenvalue weighted by atomic mass is 9.96. The Morgan fingerprint density at radius 3 is 2.55 bits per heavy atom. The van der Waals surface area contributed by atoms with Gasteiger partial charge in [0, 0.05) is 17.6 Å². The van der Waals surface area contributed by atoms with E-state index in [9.17, 15) is 0 Å². The Hall–Kier alpha value is -2.19. The monoisotopic (exact) mass is 262 g/mol. The van der Waals surface area contributed by atoms with Gasteiger partial charge in [-0.1, -0.05) is 48.0 Å². The summed E-state index contributed by atoms with van der Waals surface area (Å²) < 4.78 is 0. The molecule has 0 saturated carbocycles. The maximum Gasteiger partial charge on any atom is 0.0705 e. The second kappa shape index (κ2) is 5.43. The molecule has 0 radical (unpaired) electrons. The Labute approximate surface area is 119 Å². The molecule has 0 aliphatic rings. The van der Waals surface area contributed by atoms with Crippen LogP contribution in [0.1, 0.15) is 22.7 Å². The van der Waals surface area contributed by atoms with E-state index in [1.807, 2.05) is 30.5 Å². The van der Waals surface area contributed by atoms with Crippen molar-refractivity contribution in [3.63, 3.8) is 0 Å². The van der Waals surface area contributed by atoms with Crippen LogP contribution in [0.25, 0.3) is 10.9 Å². The van der Waals surface area contributed by atoms with Crippen LogP contribution in [0.5, 0.6) is 0 Å². The maximum absolute atomic E-state index is 6.40. The van der Waals surface area contributed by atoms with E-state index in [0.29, 0.717) is 0 Å². The standard InChI is InChI=1S/C18H18N2/c1-13-6-8-14(9-7-13)12-17(19)15-10-11-20-18-5-3-2-4-16(15)18/h2-11,17H,12,19H2,1H3. The number of nitrogens with two attached hydrogens (primary N) is 1. The summed E-state index contributed by atoms with van der Waals surface area (Å²) in [5.74, 6) is 0. The van der Waals surface area contributed by atoms with E-state index in [0.717, 1.165) is 22.9 Å². The third-order valence-electron chi connectivity index (χ3n) is 3.66. The van der Waals surface area contributed by atoms with Crippen molar-refractivity contribution in [2.24, 2.45) is 5.73 Å². The van der Waals surface area contributed by atoms with Crippen molar-refractivity contribution in [2.45, 2.75) is 19.4 Å². The molecule has 3 aromatic rings. The molecule has 0 amide bonds. The Balaban J connectivity index is 1.92. The Bertz CT molecular complexity index is 712. The third-order valence-corrected chi connectivity index (χ3v) is 3.66. The smallest absolute Gasteiger partial charge is 0.0705 e. The maximum atomic E-state index is 6.40. The van der Waals surface area contributed by atoms with Crippen molar-refractivity contribution in [2.75, 3.05) is 0 Å². The predicted molar refractivity (Wildman–Crippen MR) is 83.6 cm³/mol. The minimum Gasteiger partial charge on any atom is -0.324 e. The lowest BCUT2D eigenvalue weighted by Gasteiger charge is -2.14. The minimum absolute atomic E-state index is 0.00870. The van der Waals surface area contributed by atoms with Crippen LogP contribution in [0.2, 0.25) is 0 Å². The van der Waals surface area contributed by atoms with Crippen LogP contribution >= 0.6 is 0 Å². The van der Waals surface area contributed by atoms with Crippen molar-refractivity contribution >= 4 is 10.9 Å². The highest BCUT2D eigenvalue weighted by Crippen LogP contribution is 2.23. The first-order valence-corrected chi connectivity index (χ1v) is 6.89. The van der Waals surface area contributed by atoms with Gasteiger partial charge in [-0.3, -0.25) is 4.98 Å². The van der Waals surface area contributed by atoms with E-state index in [2.05, 4.69) is 42.2 Å². The summed E-state index contributed by atoms with van der Waals surface area (Å²) in [6, 6.07) is 18.7. The van der Waals surface area contributed by atoms with Crippen molar-refractivity contribution in [1.29, 1.82) is 0 Å². The van der Waals surface area contributed by atoms with Crippen molar-refractivity contribution < 1.29 is 0 Å². The highest BCUT2D eigenvalue weighted by Gasteiger charge is 2.10. The van der Waals surface area contributed by atoms with Gasteiger partial charge in [0.25, 0.3) is 0 Å². The molecular weight excluding hydrogens is 244 g/mol. The van der Waals surface area contributed by atoms with Gasteiger partial charge in [-0.15, -0.1) is 0 Å². The van der Waals surface area contributed by atoms with E-state index in [1.54, 1.807) is 0 Å². The molecule has 1 atom stereocenters. The molecule has 2 N–H and O–H groups in total. The van der Waals surface area contributed by atoms with Crippen LogP contribution in [0.4, 0.5) is 0 Å². The van der Waals surface area contributed by atoms with E-state index in [1.165, 1.54) is 11.1 Å². The topological polar surface area (TPSA) is 38.9 Å². The number of benzene rings is 2. The number of hydrogen-bond donors (Lipinski definition) is 1. The van der Waals surface area contributed by atoms with E-state index >= 15 is 0 Å². The minimum atomic E-state index is -0.00870. The SMILES string of the molecule is Cc1ccc(CC(N)c2ccnc3ccccc23)cc1. The molecule has 20 heavy (non-hydrogen) atoms. The first kappa shape index (κ1) is 12.8. The summed E-state index contributed by atoms with van der Waals surface area (Å²) in [5.41, 5.74) is 11.1. The lowest BCUT2D eigenvalue weighted by Crippen LogP contribution is -2.14. The normalized spacial score (nSPS) is 12.5. The number of para-hydroxylation sites is 1. The third kappa shape index (κ3) is 2.56. The van der Waals surface area contributed by atoms with Gasteiger partial charge in [-0.25, -0.2) is 0 Å². The molecule has 0 bridgehead atoms. The zero-order valence-electron chi connectivity index (χ0n) is 11.6. The van der Waals surface area contributed by atoms with Crippen molar-refractivity contribution in [3.8, 4) is 0 Å². The predicted octanol–water partition coefficient (Wildman–Crippen LogP) is 3.79. The van der Waals surface area contributed by atoms with Gasteiger partial charge >= 0.3 is 0 Å². The van der Waals surface area contributed by atoms with Gasteiger partial charge in [-0.05, 0) is 36.6 Å². The highest BCUT2D eigenvalue weighted by atomic mass is 14.7. The summed E-state index contributed by atoms with van der Waals surface area (Å²) in [5, 5.41) is 1.15. The summed E-state index contributed by atoms with van der Waals surface area (Å²) in [6.45, 7) is 2.10. The number of pyridine rings is 1. The fourth-order valence-corrected chi connectivity index (χ4v) is 2.53. The van der Waals surface area contributed by atoms with Crippen LogP contribution in [0, 0.1) is 6.92 Å². The van der Waals surface area contributed by atoms with Crippen LogP contribution in [-0.4, -0.2) is 4.98 Å². The van der Waals surface area contributed by atoms with Gasteiger partial charge in [0.15, 0.2) is 0 Å². The van der Waals surface area contributed by atoms with Gasteiger partial charge in [0.1, 0.15) is 0 Å². The lowest BCUT2D eigenvalue weighted by molar-refractivity contribution is 0.727. The quantitative estimate of drug-likeness (QED) is 0.780. The molecule has 0 aliphatic carbocycles. The molecule has 0 aliphatic heterocycles. The average molecular weight is 262 g/mol. The first-order chi connectivity index (χ1) is 9.74. The summed E-state index contributed by atoms with van der Waals surface area (Å²) in [7, 11) is 0. The number of aromatic nitrogens is 1. The molecule has 1 aromatic heterocycles. The molecule has 2 aromatic carbocycles. The van der Waals surface area contributed by atoms with Gasteiger partial charge in [0.2, 0.25) is 0 Å². The number of fused-ring (bicyclic) bond motifs is 1. The summed E-state index contributed by atoms with van der Waals surface area (Å²) in [6.07, 6.45) is 2.68. The second-order valence-electron chi connectivity index (χ2n) is 5.21. The number of aryl methyl sites for hydroxylation is 1. The molecule has 0 saturated heterocycles. The van der Waals surface area contributed by atoms with E-state index in [4.69, 9.17) is 5.73 Å². The first-order valence-electron chi connectivity index (χ1n) is 6.89. The van der Waals surface area contributed by atoms with E-state index in [-0.39, 0.29) is 6.04 Å². The Kier molecular flexibility index (Phi) is 3.48. The molecule has 0 spiro atoms. The largest absolute Gasteiger partial charge is 0.324 e. The Morgan fingerprint density at radius 2 is 1.75 bits per heavy atom. The molecular formula is C18H18N2. The zero-order valence-corrected chi connectivity index (χ0v) is 11.6. The molecule has 3 rings (SSSR count). The van der Waals surface area contributed by atoms with Crippen LogP contribution < -0.4 is 5.73 Å². The summed E-state index contributed by atoms with van der Waals surface area (Å²) >= 11 is 0. The van der Waals surface area contributed by atoms with Gasteiger partial charge < -0.3 is 5.73 Å². The fourth-order valence-electron chi connectivity index (χ4n) is 2.53. The highest BCUT2D eigenvalue weighted by molar-refractivity contribution is 5.82. The molecule has 100 valence electrons. The van der Waals surface area contributed by atoms with Crippen LogP contribution in [0.15, 0.2) is 60.8 Å². The molecule has 1 heterocycles. The molecule has 1 unspecified atom stereocenters. The summed E-state index contributed by atoms with van der Waals surface area (Å²) in [4.78, 5) is 4.39. The molecule has 2 heteroatoms. The van der Waals surface area contributed by atoms with E-state index < -0.39 is 0 Å². The molecule has 2 nitrogen and oxygen atoms in total. The second-order valence-corrected chi connectivity index (χ2v) is 5.21. The fraction of sp³-hybridized carbons (Fsp3) is 0.167. The van der Waals surface area contributed by atoms with Crippen LogP contribution in [0.3, 0.4) is 0 Å². The number of rotatable bonds is 3. The number of hydrogen-bond acceptors (Lipinski definition) is 2. The Morgan fingerprint density at radius 1 is 1.00 bits per heavy atom. The van der Waals surface area contributed by atoms with Gasteiger partial charge in [0.05, 0.1) is 5.52 Å². The van der Waals surface area contributed by atoms with Crippen LogP contribution in [-0.2, 0) is 6.42 Å². The average Bonchev–Trinajstić information content (AvgIpc) is 2.49. The zero-order chi connectivity index (χ0) is 13.9. The van der Waals surface area contributed by atoms with Crippen molar-refractivity contribution in [3.05, 3.63) is 77.5 Å². The number of nitrogens with zero attached hydrogens (tertiary/aromatic N) is 1. The van der Waals surface area contributed by atoms with Gasteiger partial charge in [-0.2, -0.15) is 0 Å².